The predicted octanol–water partition coefficient (Wildman–Crippen LogP) is 4.52. The lowest BCUT2D eigenvalue weighted by Crippen LogP contribution is -2.27. The van der Waals surface area contributed by atoms with E-state index < -0.39 is 5.41 Å². The van der Waals surface area contributed by atoms with Gasteiger partial charge >= 0.3 is 0 Å². The van der Waals surface area contributed by atoms with E-state index in [2.05, 4.69) is 40.8 Å². The fourth-order valence-corrected chi connectivity index (χ4v) is 2.63. The Morgan fingerprint density at radius 3 is 2.45 bits per heavy atom. The van der Waals surface area contributed by atoms with Gasteiger partial charge in [-0.1, -0.05) is 32.9 Å². The van der Waals surface area contributed by atoms with Crippen molar-refractivity contribution < 1.29 is 4.79 Å². The van der Waals surface area contributed by atoms with Crippen LogP contribution < -0.4 is 5.32 Å². The Kier molecular flexibility index (Phi) is 4.50. The van der Waals surface area contributed by atoms with E-state index in [1.807, 2.05) is 26.2 Å². The zero-order valence-electron chi connectivity index (χ0n) is 12.1. The number of thiazole rings is 1. The number of anilines is 1. The minimum atomic E-state index is -0.411. The molecule has 3 nitrogen and oxygen atoms in total. The molecule has 2 rings (SSSR count). The number of carbonyl (C=O) groups excluding carboxylic acids is 1. The number of nitrogens with zero attached hydrogens (tertiary/aromatic N) is 1. The molecule has 0 spiro atoms. The summed E-state index contributed by atoms with van der Waals surface area (Å²) in [4.78, 5) is 17.6. The molecule has 0 atom stereocenters. The highest BCUT2D eigenvalue weighted by molar-refractivity contribution is 7.98. The summed E-state index contributed by atoms with van der Waals surface area (Å²) < 4.78 is 0. The Morgan fingerprint density at radius 1 is 1.25 bits per heavy atom. The van der Waals surface area contributed by atoms with E-state index in [9.17, 15) is 4.79 Å². The van der Waals surface area contributed by atoms with E-state index in [0.717, 1.165) is 11.3 Å². The first-order chi connectivity index (χ1) is 9.40. The van der Waals surface area contributed by atoms with Gasteiger partial charge in [0.25, 0.3) is 0 Å². The van der Waals surface area contributed by atoms with Crippen LogP contribution in [0.3, 0.4) is 0 Å². The van der Waals surface area contributed by atoms with E-state index in [0.29, 0.717) is 5.13 Å². The molecule has 0 unspecified atom stereocenters. The van der Waals surface area contributed by atoms with E-state index in [4.69, 9.17) is 0 Å². The fraction of sp³-hybridized carbons (Fsp3) is 0.333. The molecule has 0 saturated heterocycles. The van der Waals surface area contributed by atoms with Crippen molar-refractivity contribution >= 4 is 34.1 Å². The molecule has 1 N–H and O–H groups in total. The van der Waals surface area contributed by atoms with E-state index in [1.165, 1.54) is 16.2 Å². The van der Waals surface area contributed by atoms with Crippen molar-refractivity contribution in [3.05, 3.63) is 29.6 Å². The molecule has 1 heterocycles. The van der Waals surface area contributed by atoms with Crippen LogP contribution in [-0.4, -0.2) is 17.1 Å². The first kappa shape index (κ1) is 15.1. The van der Waals surface area contributed by atoms with Gasteiger partial charge in [0, 0.05) is 21.3 Å². The van der Waals surface area contributed by atoms with Crippen LogP contribution in [0.2, 0.25) is 0 Å². The van der Waals surface area contributed by atoms with Gasteiger partial charge in [-0.2, -0.15) is 0 Å². The third-order valence-corrected chi connectivity index (χ3v) is 4.29. The van der Waals surface area contributed by atoms with Crippen molar-refractivity contribution in [3.8, 4) is 11.3 Å². The molecular formula is C15H18N2OS2. The van der Waals surface area contributed by atoms with Crippen molar-refractivity contribution in [1.82, 2.24) is 4.98 Å². The van der Waals surface area contributed by atoms with Gasteiger partial charge in [0.05, 0.1) is 5.69 Å². The smallest absolute Gasteiger partial charge is 0.231 e. The molecule has 1 aromatic heterocycles. The van der Waals surface area contributed by atoms with Crippen LogP contribution >= 0.6 is 23.1 Å². The molecule has 0 aliphatic heterocycles. The van der Waals surface area contributed by atoms with Gasteiger partial charge in [0.15, 0.2) is 5.13 Å². The number of carbonyl (C=O) groups is 1. The molecule has 1 aromatic carbocycles. The van der Waals surface area contributed by atoms with E-state index >= 15 is 0 Å². The van der Waals surface area contributed by atoms with Gasteiger partial charge in [-0.05, 0) is 18.4 Å². The Hall–Kier alpha value is -1.33. The molecule has 0 radical (unpaired) electrons. The Balaban J connectivity index is 2.14. The number of benzene rings is 1. The summed E-state index contributed by atoms with van der Waals surface area (Å²) in [5.74, 6) is -0.0175. The monoisotopic (exact) mass is 306 g/mol. The SMILES string of the molecule is CSc1ccc(-c2csc(NC(=O)C(C)(C)C)n2)cc1. The maximum Gasteiger partial charge on any atom is 0.231 e. The number of thioether (sulfide) groups is 1. The summed E-state index contributed by atoms with van der Waals surface area (Å²) in [5.41, 5.74) is 1.55. The molecule has 20 heavy (non-hydrogen) atoms. The van der Waals surface area contributed by atoms with Gasteiger partial charge in [0.1, 0.15) is 0 Å². The average molecular weight is 306 g/mol. The van der Waals surface area contributed by atoms with Crippen LogP contribution in [0.5, 0.6) is 0 Å². The van der Waals surface area contributed by atoms with Crippen molar-refractivity contribution in [2.75, 3.05) is 11.6 Å². The zero-order chi connectivity index (χ0) is 14.8. The maximum absolute atomic E-state index is 11.9. The highest BCUT2D eigenvalue weighted by Crippen LogP contribution is 2.27. The summed E-state index contributed by atoms with van der Waals surface area (Å²) in [6.45, 7) is 5.66. The number of aromatic nitrogens is 1. The van der Waals surface area contributed by atoms with Gasteiger partial charge in [-0.15, -0.1) is 23.1 Å². The van der Waals surface area contributed by atoms with E-state index in [1.54, 1.807) is 11.8 Å². The molecular weight excluding hydrogens is 288 g/mol. The van der Waals surface area contributed by atoms with Crippen molar-refractivity contribution in [2.24, 2.45) is 5.41 Å². The molecule has 0 aliphatic carbocycles. The zero-order valence-corrected chi connectivity index (χ0v) is 13.7. The van der Waals surface area contributed by atoms with Crippen LogP contribution in [0.15, 0.2) is 34.5 Å². The predicted molar refractivity (Wildman–Crippen MR) is 87.4 cm³/mol. The second-order valence-electron chi connectivity index (χ2n) is 5.47. The van der Waals surface area contributed by atoms with Crippen molar-refractivity contribution in [2.45, 2.75) is 25.7 Å². The molecule has 0 bridgehead atoms. The number of hydrogen-bond acceptors (Lipinski definition) is 4. The third-order valence-electron chi connectivity index (χ3n) is 2.79. The maximum atomic E-state index is 11.9. The van der Waals surface area contributed by atoms with Crippen LogP contribution in [0, 0.1) is 5.41 Å². The third kappa shape index (κ3) is 3.61. The highest BCUT2D eigenvalue weighted by Gasteiger charge is 2.22. The summed E-state index contributed by atoms with van der Waals surface area (Å²) in [6.07, 6.45) is 2.05. The van der Waals surface area contributed by atoms with Gasteiger partial charge in [-0.25, -0.2) is 4.98 Å². The quantitative estimate of drug-likeness (QED) is 0.848. The molecule has 2 aromatic rings. The number of rotatable bonds is 3. The molecule has 106 valence electrons. The summed E-state index contributed by atoms with van der Waals surface area (Å²) in [7, 11) is 0. The molecule has 5 heteroatoms. The van der Waals surface area contributed by atoms with Gasteiger partial charge in [-0.3, -0.25) is 4.79 Å². The lowest BCUT2D eigenvalue weighted by atomic mass is 9.96. The minimum absolute atomic E-state index is 0.0175. The summed E-state index contributed by atoms with van der Waals surface area (Å²) >= 11 is 3.16. The summed E-state index contributed by atoms with van der Waals surface area (Å²) in [5, 5.41) is 5.47. The molecule has 0 aliphatic rings. The topological polar surface area (TPSA) is 42.0 Å². The molecule has 1 amide bonds. The van der Waals surface area contributed by atoms with Crippen LogP contribution in [-0.2, 0) is 4.79 Å². The fourth-order valence-electron chi connectivity index (χ4n) is 1.51. The minimum Gasteiger partial charge on any atom is -0.302 e. The largest absolute Gasteiger partial charge is 0.302 e. The van der Waals surface area contributed by atoms with Crippen LogP contribution in [0.4, 0.5) is 5.13 Å². The van der Waals surface area contributed by atoms with Gasteiger partial charge in [0.2, 0.25) is 5.91 Å². The standard InChI is InChI=1S/C15H18N2OS2/c1-15(2,3)13(18)17-14-16-12(9-20-14)10-5-7-11(19-4)8-6-10/h5-9H,1-4H3,(H,16,17,18). The Morgan fingerprint density at radius 2 is 1.90 bits per heavy atom. The number of nitrogens with one attached hydrogen (secondary N) is 1. The lowest BCUT2D eigenvalue weighted by molar-refractivity contribution is -0.123. The van der Waals surface area contributed by atoms with Crippen molar-refractivity contribution in [1.29, 1.82) is 0 Å². The van der Waals surface area contributed by atoms with Crippen LogP contribution in [0.1, 0.15) is 20.8 Å². The van der Waals surface area contributed by atoms with Gasteiger partial charge < -0.3 is 5.32 Å². The average Bonchev–Trinajstić information content (AvgIpc) is 2.86. The molecule has 0 saturated carbocycles. The first-order valence-electron chi connectivity index (χ1n) is 6.31. The Labute approximate surface area is 127 Å². The van der Waals surface area contributed by atoms with E-state index in [-0.39, 0.29) is 5.91 Å². The lowest BCUT2D eigenvalue weighted by Gasteiger charge is -2.15. The second-order valence-corrected chi connectivity index (χ2v) is 7.21. The second kappa shape index (κ2) is 5.97. The molecule has 0 fully saturated rings. The summed E-state index contributed by atoms with van der Waals surface area (Å²) in [6, 6.07) is 8.26. The van der Waals surface area contributed by atoms with Crippen LogP contribution in [0.25, 0.3) is 11.3 Å². The normalized spacial score (nSPS) is 11.4. The highest BCUT2D eigenvalue weighted by atomic mass is 32.2. The Bertz CT molecular complexity index is 597. The first-order valence-corrected chi connectivity index (χ1v) is 8.42. The number of amides is 1. The van der Waals surface area contributed by atoms with Crippen molar-refractivity contribution in [3.63, 3.8) is 0 Å². The number of hydrogen-bond donors (Lipinski definition) is 1.